The van der Waals surface area contributed by atoms with Crippen LogP contribution in [0.4, 0.5) is 5.69 Å². The average molecular weight is 332 g/mol. The summed E-state index contributed by atoms with van der Waals surface area (Å²) < 4.78 is 5.13. The molecule has 7 nitrogen and oxygen atoms in total. The van der Waals surface area contributed by atoms with Crippen LogP contribution in [0.3, 0.4) is 0 Å². The molecule has 0 aliphatic carbocycles. The van der Waals surface area contributed by atoms with Gasteiger partial charge >= 0.3 is 5.97 Å². The number of anilines is 1. The van der Waals surface area contributed by atoms with Gasteiger partial charge in [-0.1, -0.05) is 13.0 Å². The molecule has 2 rings (SSSR count). The minimum absolute atomic E-state index is 0.169. The Balaban J connectivity index is 2.08. The summed E-state index contributed by atoms with van der Waals surface area (Å²) in [6.45, 7) is 3.92. The fourth-order valence-electron chi connectivity index (χ4n) is 2.31. The van der Waals surface area contributed by atoms with Crippen LogP contribution in [0.15, 0.2) is 24.3 Å². The Labute approximate surface area is 140 Å². The lowest BCUT2D eigenvalue weighted by atomic mass is 10.2. The molecule has 1 heterocycles. The predicted octanol–water partition coefficient (Wildman–Crippen LogP) is 1.41. The van der Waals surface area contributed by atoms with E-state index in [1.807, 2.05) is 6.92 Å². The number of carbonyl (C=O) groups excluding carboxylic acids is 4. The van der Waals surface area contributed by atoms with Crippen LogP contribution in [0.2, 0.25) is 0 Å². The lowest BCUT2D eigenvalue weighted by Crippen LogP contribution is -2.36. The summed E-state index contributed by atoms with van der Waals surface area (Å²) in [5.74, 6) is -1.64. The van der Waals surface area contributed by atoms with Crippen LogP contribution in [0.5, 0.6) is 0 Å². The van der Waals surface area contributed by atoms with E-state index >= 15 is 0 Å². The largest absolute Gasteiger partial charge is 0.449 e. The Hall–Kier alpha value is -2.70. The van der Waals surface area contributed by atoms with Crippen LogP contribution < -0.4 is 10.2 Å². The molecule has 0 unspecified atom stereocenters. The third kappa shape index (κ3) is 3.98. The number of rotatable bonds is 6. The fraction of sp³-hybridized carbons (Fsp3) is 0.412. The summed E-state index contributed by atoms with van der Waals surface area (Å²) in [6.07, 6.45) is 0.194. The van der Waals surface area contributed by atoms with Crippen molar-refractivity contribution in [2.24, 2.45) is 0 Å². The van der Waals surface area contributed by atoms with Gasteiger partial charge in [-0.25, -0.2) is 4.79 Å². The van der Waals surface area contributed by atoms with Gasteiger partial charge in [-0.2, -0.15) is 0 Å². The minimum atomic E-state index is -0.928. The molecule has 1 aromatic rings. The molecule has 0 spiro atoms. The molecule has 1 N–H and O–H groups in total. The van der Waals surface area contributed by atoms with Gasteiger partial charge in [0.25, 0.3) is 5.91 Å². The van der Waals surface area contributed by atoms with Crippen molar-refractivity contribution in [3.05, 3.63) is 29.8 Å². The van der Waals surface area contributed by atoms with Crippen LogP contribution in [-0.4, -0.2) is 36.3 Å². The maximum absolute atomic E-state index is 12.2. The Morgan fingerprint density at radius 3 is 2.54 bits per heavy atom. The highest BCUT2D eigenvalue weighted by Crippen LogP contribution is 2.23. The second-order valence-corrected chi connectivity index (χ2v) is 5.51. The molecular formula is C17H20N2O5. The molecule has 1 fully saturated rings. The maximum atomic E-state index is 12.2. The number of hydrogen-bond donors (Lipinski definition) is 1. The smallest absolute Gasteiger partial charge is 0.338 e. The van der Waals surface area contributed by atoms with Crippen LogP contribution in [0.25, 0.3) is 0 Å². The summed E-state index contributed by atoms with van der Waals surface area (Å²) in [6, 6.07) is 6.07. The standard InChI is InChI=1S/C17H20N2O5/c1-3-9-18-16(22)11(2)24-17(23)12-5-4-6-13(10-12)19-14(20)7-8-15(19)21/h4-6,10-11H,3,7-9H2,1-2H3,(H,18,22)/t11-/m1/s1. The SMILES string of the molecule is CCCNC(=O)[C@@H](C)OC(=O)c1cccc(N2C(=O)CCC2=O)c1. The van der Waals surface area contributed by atoms with Crippen LogP contribution in [-0.2, 0) is 19.1 Å². The molecule has 0 radical (unpaired) electrons. The van der Waals surface area contributed by atoms with Gasteiger partial charge in [0.1, 0.15) is 0 Å². The van der Waals surface area contributed by atoms with Crippen molar-refractivity contribution in [3.63, 3.8) is 0 Å². The summed E-state index contributed by atoms with van der Waals surface area (Å²) >= 11 is 0. The lowest BCUT2D eigenvalue weighted by molar-refractivity contribution is -0.129. The molecule has 0 bridgehead atoms. The third-order valence-electron chi connectivity index (χ3n) is 3.59. The quantitative estimate of drug-likeness (QED) is 0.628. The number of hydrogen-bond acceptors (Lipinski definition) is 5. The minimum Gasteiger partial charge on any atom is -0.449 e. The van der Waals surface area contributed by atoms with Gasteiger partial charge in [0.2, 0.25) is 11.8 Å². The highest BCUT2D eigenvalue weighted by atomic mass is 16.5. The van der Waals surface area contributed by atoms with Crippen molar-refractivity contribution in [1.82, 2.24) is 5.32 Å². The number of ether oxygens (including phenoxy) is 1. The Kier molecular flexibility index (Phi) is 5.68. The van der Waals surface area contributed by atoms with Crippen LogP contribution in [0.1, 0.15) is 43.5 Å². The fourth-order valence-corrected chi connectivity index (χ4v) is 2.31. The molecule has 1 aromatic carbocycles. The number of nitrogens with zero attached hydrogens (tertiary/aromatic N) is 1. The van der Waals surface area contributed by atoms with Crippen molar-refractivity contribution in [3.8, 4) is 0 Å². The Bertz CT molecular complexity index is 655. The first-order valence-electron chi connectivity index (χ1n) is 7.88. The number of nitrogens with one attached hydrogen (secondary N) is 1. The summed E-state index contributed by atoms with van der Waals surface area (Å²) in [7, 11) is 0. The average Bonchev–Trinajstić information content (AvgIpc) is 2.91. The maximum Gasteiger partial charge on any atom is 0.338 e. The van der Waals surface area contributed by atoms with Gasteiger partial charge in [0.05, 0.1) is 11.3 Å². The number of imide groups is 1. The molecule has 1 saturated heterocycles. The van der Waals surface area contributed by atoms with E-state index in [-0.39, 0.29) is 36.1 Å². The van der Waals surface area contributed by atoms with Crippen molar-refractivity contribution in [2.75, 3.05) is 11.4 Å². The molecule has 3 amide bonds. The monoisotopic (exact) mass is 332 g/mol. The Morgan fingerprint density at radius 1 is 1.25 bits per heavy atom. The van der Waals surface area contributed by atoms with Crippen molar-refractivity contribution >= 4 is 29.4 Å². The van der Waals surface area contributed by atoms with Crippen molar-refractivity contribution < 1.29 is 23.9 Å². The van der Waals surface area contributed by atoms with Gasteiger partial charge in [-0.15, -0.1) is 0 Å². The molecule has 1 aliphatic rings. The molecule has 0 saturated carbocycles. The summed E-state index contributed by atoms with van der Waals surface area (Å²) in [4.78, 5) is 48.5. The number of amides is 3. The van der Waals surface area contributed by atoms with E-state index in [4.69, 9.17) is 4.74 Å². The number of esters is 1. The van der Waals surface area contributed by atoms with E-state index in [9.17, 15) is 19.2 Å². The molecular weight excluding hydrogens is 312 g/mol. The van der Waals surface area contributed by atoms with Crippen molar-refractivity contribution in [1.29, 1.82) is 0 Å². The molecule has 128 valence electrons. The van der Waals surface area contributed by atoms with Gasteiger partial charge in [-0.05, 0) is 31.5 Å². The normalized spacial score (nSPS) is 15.3. The Morgan fingerprint density at radius 2 is 1.92 bits per heavy atom. The summed E-state index contributed by atoms with van der Waals surface area (Å²) in [5.41, 5.74) is 0.509. The van der Waals surface area contributed by atoms with Gasteiger partial charge in [0.15, 0.2) is 6.10 Å². The number of carbonyl (C=O) groups is 4. The first-order chi connectivity index (χ1) is 11.4. The predicted molar refractivity (Wildman–Crippen MR) is 86.3 cm³/mol. The van der Waals surface area contributed by atoms with Gasteiger partial charge < -0.3 is 10.1 Å². The van der Waals surface area contributed by atoms with Crippen LogP contribution in [0, 0.1) is 0 Å². The second-order valence-electron chi connectivity index (χ2n) is 5.51. The zero-order chi connectivity index (χ0) is 17.7. The first-order valence-corrected chi connectivity index (χ1v) is 7.88. The first kappa shape index (κ1) is 17.7. The third-order valence-corrected chi connectivity index (χ3v) is 3.59. The molecule has 1 atom stereocenters. The lowest BCUT2D eigenvalue weighted by Gasteiger charge is -2.16. The van der Waals surface area contributed by atoms with E-state index < -0.39 is 12.1 Å². The van der Waals surface area contributed by atoms with Gasteiger partial charge in [-0.3, -0.25) is 19.3 Å². The van der Waals surface area contributed by atoms with E-state index in [2.05, 4.69) is 5.32 Å². The van der Waals surface area contributed by atoms with Crippen molar-refractivity contribution in [2.45, 2.75) is 39.2 Å². The zero-order valence-electron chi connectivity index (χ0n) is 13.7. The molecule has 1 aliphatic heterocycles. The van der Waals surface area contributed by atoms with Crippen LogP contribution >= 0.6 is 0 Å². The van der Waals surface area contributed by atoms with E-state index in [0.717, 1.165) is 11.3 Å². The number of benzene rings is 1. The summed E-state index contributed by atoms with van der Waals surface area (Å²) in [5, 5.41) is 2.64. The highest BCUT2D eigenvalue weighted by Gasteiger charge is 2.30. The highest BCUT2D eigenvalue weighted by molar-refractivity contribution is 6.20. The van der Waals surface area contributed by atoms with Gasteiger partial charge in [0, 0.05) is 19.4 Å². The second kappa shape index (κ2) is 7.72. The molecule has 0 aromatic heterocycles. The van der Waals surface area contributed by atoms with E-state index in [1.165, 1.54) is 19.1 Å². The molecule has 7 heteroatoms. The zero-order valence-corrected chi connectivity index (χ0v) is 13.7. The molecule has 24 heavy (non-hydrogen) atoms. The van der Waals surface area contributed by atoms with E-state index in [1.54, 1.807) is 12.1 Å². The van der Waals surface area contributed by atoms with E-state index in [0.29, 0.717) is 12.2 Å². The topological polar surface area (TPSA) is 92.8 Å².